The van der Waals surface area contributed by atoms with Crippen molar-refractivity contribution >= 4 is 0 Å². The molecule has 9 atom stereocenters. The fraction of sp³-hybridized carbons (Fsp3) is 1.00. The summed E-state index contributed by atoms with van der Waals surface area (Å²) in [5.41, 5.74) is 0. The summed E-state index contributed by atoms with van der Waals surface area (Å²) in [6.07, 6.45) is -9.12. The van der Waals surface area contributed by atoms with Gasteiger partial charge >= 0.3 is 0 Å². The minimum absolute atomic E-state index is 0.228. The molecular weight excluding hydrogens is 302 g/mol. The lowest BCUT2D eigenvalue weighted by molar-refractivity contribution is -0.275. The minimum atomic E-state index is -1.48. The van der Waals surface area contributed by atoms with Crippen LogP contribution in [0.5, 0.6) is 0 Å². The van der Waals surface area contributed by atoms with E-state index in [0.29, 0.717) is 0 Å². The van der Waals surface area contributed by atoms with Crippen LogP contribution >= 0.6 is 0 Å². The molecule has 0 amide bonds. The zero-order valence-electron chi connectivity index (χ0n) is 11.8. The summed E-state index contributed by atoms with van der Waals surface area (Å²) >= 11 is 0. The summed E-state index contributed by atoms with van der Waals surface area (Å²) in [6, 6.07) is -1.69. The molecule has 1 unspecified atom stereocenters. The predicted molar refractivity (Wildman–Crippen MR) is 69.5 cm³/mol. The smallest absolute Gasteiger partial charge is 0.186 e. The lowest BCUT2D eigenvalue weighted by Crippen LogP contribution is -2.55. The fourth-order valence-corrected chi connectivity index (χ4v) is 2.62. The van der Waals surface area contributed by atoms with Crippen molar-refractivity contribution in [2.75, 3.05) is 19.8 Å². The first kappa shape index (κ1) is 17.9. The number of hydrogen-bond donors (Lipinski definition) is 8. The Morgan fingerprint density at radius 3 is 2.32 bits per heavy atom. The van der Waals surface area contributed by atoms with Crippen LogP contribution in [0.1, 0.15) is 0 Å². The molecule has 0 aliphatic carbocycles. The van der Waals surface area contributed by atoms with Crippen molar-refractivity contribution in [3.05, 3.63) is 0 Å². The molecule has 2 rings (SSSR count). The molecule has 22 heavy (non-hydrogen) atoms. The normalized spacial score (nSPS) is 47.6. The molecule has 10 heteroatoms. The van der Waals surface area contributed by atoms with Gasteiger partial charge in [0.1, 0.15) is 18.3 Å². The highest BCUT2D eigenvalue weighted by Gasteiger charge is 2.45. The Morgan fingerprint density at radius 2 is 1.73 bits per heavy atom. The van der Waals surface area contributed by atoms with E-state index >= 15 is 0 Å². The van der Waals surface area contributed by atoms with Gasteiger partial charge in [-0.15, -0.1) is 0 Å². The van der Waals surface area contributed by atoms with Crippen molar-refractivity contribution in [1.29, 1.82) is 0 Å². The highest BCUT2D eigenvalue weighted by molar-refractivity contribution is 5.01. The minimum Gasteiger partial charge on any atom is -0.395 e. The van der Waals surface area contributed by atoms with Crippen LogP contribution in [0.2, 0.25) is 0 Å². The summed E-state index contributed by atoms with van der Waals surface area (Å²) in [4.78, 5) is 0. The molecule has 10 nitrogen and oxygen atoms in total. The van der Waals surface area contributed by atoms with Gasteiger partial charge in [-0.2, -0.15) is 0 Å². The third-order valence-corrected chi connectivity index (χ3v) is 4.03. The van der Waals surface area contributed by atoms with E-state index in [4.69, 9.17) is 14.6 Å². The van der Waals surface area contributed by atoms with Crippen LogP contribution in [0.15, 0.2) is 0 Å². The van der Waals surface area contributed by atoms with Gasteiger partial charge < -0.3 is 50.5 Å². The van der Waals surface area contributed by atoms with Gasteiger partial charge in [0, 0.05) is 0 Å². The van der Waals surface area contributed by atoms with Gasteiger partial charge in [-0.1, -0.05) is 0 Å². The molecule has 2 fully saturated rings. The molecule has 0 aromatic rings. The van der Waals surface area contributed by atoms with Crippen LogP contribution in [-0.2, 0) is 9.47 Å². The average Bonchev–Trinajstić information content (AvgIpc) is 2.79. The third kappa shape index (κ3) is 3.57. The number of rotatable bonds is 5. The highest BCUT2D eigenvalue weighted by atomic mass is 16.7. The first-order valence-electron chi connectivity index (χ1n) is 7.05. The van der Waals surface area contributed by atoms with Gasteiger partial charge in [0.15, 0.2) is 6.29 Å². The van der Waals surface area contributed by atoms with E-state index in [1.54, 1.807) is 0 Å². The number of aliphatic hydroxyl groups excluding tert-OH is 7. The van der Waals surface area contributed by atoms with E-state index in [1.807, 2.05) is 0 Å². The Labute approximate surface area is 126 Å². The Morgan fingerprint density at radius 1 is 1.05 bits per heavy atom. The van der Waals surface area contributed by atoms with Crippen LogP contribution in [0.4, 0.5) is 0 Å². The summed E-state index contributed by atoms with van der Waals surface area (Å²) in [5.74, 6) is 0. The second-order valence-electron chi connectivity index (χ2n) is 5.61. The first-order chi connectivity index (χ1) is 10.4. The van der Waals surface area contributed by atoms with Crippen molar-refractivity contribution in [1.82, 2.24) is 5.32 Å². The maximum Gasteiger partial charge on any atom is 0.186 e. The molecule has 8 N–H and O–H groups in total. The van der Waals surface area contributed by atoms with Crippen LogP contribution in [0, 0.1) is 0 Å². The maximum absolute atomic E-state index is 10.00. The first-order valence-corrected chi connectivity index (χ1v) is 7.05. The van der Waals surface area contributed by atoms with Crippen molar-refractivity contribution in [2.45, 2.75) is 55.0 Å². The Kier molecular flexibility index (Phi) is 6.07. The summed E-state index contributed by atoms with van der Waals surface area (Å²) in [6.45, 7) is -0.991. The zero-order chi connectivity index (χ0) is 16.4. The van der Waals surface area contributed by atoms with E-state index in [-0.39, 0.29) is 13.2 Å². The van der Waals surface area contributed by atoms with E-state index in [0.717, 1.165) is 0 Å². The topological polar surface area (TPSA) is 172 Å². The molecule has 0 spiro atoms. The van der Waals surface area contributed by atoms with Gasteiger partial charge in [-0.25, -0.2) is 0 Å². The number of ether oxygens (including phenoxy) is 2. The van der Waals surface area contributed by atoms with E-state index in [2.05, 4.69) is 5.32 Å². The van der Waals surface area contributed by atoms with Crippen molar-refractivity contribution in [3.63, 3.8) is 0 Å². The molecule has 130 valence electrons. The summed E-state index contributed by atoms with van der Waals surface area (Å²) in [7, 11) is 0. The zero-order valence-corrected chi connectivity index (χ0v) is 11.8. The third-order valence-electron chi connectivity index (χ3n) is 4.03. The summed E-state index contributed by atoms with van der Waals surface area (Å²) in [5, 5.41) is 69.6. The lowest BCUT2D eigenvalue weighted by atomic mass is 10.0. The van der Waals surface area contributed by atoms with E-state index in [1.165, 1.54) is 0 Å². The van der Waals surface area contributed by atoms with Crippen LogP contribution < -0.4 is 5.32 Å². The number of nitrogens with one attached hydrogen (secondary N) is 1. The average molecular weight is 325 g/mol. The SMILES string of the molecule is OC[C@H]1N[C@H](C(O)CO[C@@H]2OC[C@@H](O)[C@H](O)[C@H]2O)[C@@H](O)[C@@H]1O. The van der Waals surface area contributed by atoms with Gasteiger partial charge in [-0.05, 0) is 0 Å². The van der Waals surface area contributed by atoms with Crippen molar-refractivity contribution < 1.29 is 45.2 Å². The van der Waals surface area contributed by atoms with Crippen LogP contribution in [0.3, 0.4) is 0 Å². The molecule has 0 radical (unpaired) electrons. The monoisotopic (exact) mass is 325 g/mol. The molecule has 0 saturated carbocycles. The lowest BCUT2D eigenvalue weighted by Gasteiger charge is -2.35. The Balaban J connectivity index is 1.84. The highest BCUT2D eigenvalue weighted by Crippen LogP contribution is 2.20. The van der Waals surface area contributed by atoms with Crippen molar-refractivity contribution in [2.24, 2.45) is 0 Å². The molecule has 2 heterocycles. The number of hydrogen-bond acceptors (Lipinski definition) is 10. The second-order valence-corrected chi connectivity index (χ2v) is 5.61. The maximum atomic E-state index is 10.00. The van der Waals surface area contributed by atoms with Gasteiger partial charge in [0.25, 0.3) is 0 Å². The molecule has 2 aliphatic heterocycles. The molecule has 2 saturated heterocycles. The molecule has 0 bridgehead atoms. The number of aliphatic hydroxyl groups is 7. The quantitative estimate of drug-likeness (QED) is 0.244. The Bertz CT molecular complexity index is 359. The molecule has 0 aromatic carbocycles. The summed E-state index contributed by atoms with van der Waals surface area (Å²) < 4.78 is 10.2. The molecular formula is C12H23NO9. The van der Waals surface area contributed by atoms with Crippen LogP contribution in [0.25, 0.3) is 0 Å². The van der Waals surface area contributed by atoms with Crippen LogP contribution in [-0.4, -0.2) is 111 Å². The second kappa shape index (κ2) is 7.45. The fourth-order valence-electron chi connectivity index (χ4n) is 2.62. The van der Waals surface area contributed by atoms with Gasteiger partial charge in [-0.3, -0.25) is 0 Å². The van der Waals surface area contributed by atoms with E-state index < -0.39 is 61.6 Å². The molecule has 2 aliphatic rings. The van der Waals surface area contributed by atoms with Crippen molar-refractivity contribution in [3.8, 4) is 0 Å². The standard InChI is InChI=1S/C12H23NO9/c14-1-4-8(17)10(19)7(13-4)5(15)2-21-12-11(20)9(18)6(16)3-22-12/h4-20H,1-3H2/t4-,5?,6-,7-,8-,9+,10-,11-,12-/m1/s1. The predicted octanol–water partition coefficient (Wildman–Crippen LogP) is -5.14. The van der Waals surface area contributed by atoms with Gasteiger partial charge in [0.05, 0.1) is 50.2 Å². The van der Waals surface area contributed by atoms with Gasteiger partial charge in [0.2, 0.25) is 0 Å². The van der Waals surface area contributed by atoms with E-state index in [9.17, 15) is 30.6 Å². The Hall–Kier alpha value is -0.400. The molecule has 0 aromatic heterocycles. The largest absolute Gasteiger partial charge is 0.395 e.